The molecule has 1 aromatic carbocycles. The van der Waals surface area contributed by atoms with E-state index in [1.807, 2.05) is 6.26 Å². The Bertz CT molecular complexity index is 752. The van der Waals surface area contributed by atoms with Gasteiger partial charge in [-0.3, -0.25) is 14.4 Å². The van der Waals surface area contributed by atoms with E-state index in [9.17, 15) is 13.2 Å². The van der Waals surface area contributed by atoms with E-state index in [4.69, 9.17) is 17.0 Å². The first-order chi connectivity index (χ1) is 11.3. The average Bonchev–Trinajstić information content (AvgIpc) is 2.78. The molecule has 2 N–H and O–H groups in total. The topological polar surface area (TPSA) is 87.7 Å². The highest BCUT2D eigenvalue weighted by Crippen LogP contribution is 2.32. The van der Waals surface area contributed by atoms with Gasteiger partial charge in [-0.15, -0.1) is 0 Å². The number of benzene rings is 1. The van der Waals surface area contributed by atoms with E-state index in [0.717, 1.165) is 12.0 Å². The highest BCUT2D eigenvalue weighted by Gasteiger charge is 2.36. The molecule has 0 aliphatic carbocycles. The van der Waals surface area contributed by atoms with Gasteiger partial charge in [0, 0.05) is 6.07 Å². The third kappa shape index (κ3) is 4.31. The zero-order valence-electron chi connectivity index (χ0n) is 13.5. The van der Waals surface area contributed by atoms with E-state index in [0.29, 0.717) is 28.7 Å². The summed E-state index contributed by atoms with van der Waals surface area (Å²) in [5.41, 5.74) is 0.827. The number of nitrogens with zero attached hydrogens (tertiary/aromatic N) is 1. The molecule has 0 unspecified atom stereocenters. The summed E-state index contributed by atoms with van der Waals surface area (Å²) in [6.45, 7) is 0. The van der Waals surface area contributed by atoms with Crippen molar-refractivity contribution in [2.24, 2.45) is 0 Å². The van der Waals surface area contributed by atoms with Gasteiger partial charge in [-0.1, -0.05) is 0 Å². The van der Waals surface area contributed by atoms with Crippen molar-refractivity contribution in [1.82, 2.24) is 5.32 Å². The number of thioether (sulfide) groups is 1. The summed E-state index contributed by atoms with van der Waals surface area (Å²) in [5, 5.41) is 3.35. The molecule has 1 atom stereocenters. The van der Waals surface area contributed by atoms with Gasteiger partial charge in [0.25, 0.3) is 5.91 Å². The predicted molar refractivity (Wildman–Crippen MR) is 101 cm³/mol. The van der Waals surface area contributed by atoms with E-state index < -0.39 is 10.0 Å². The van der Waals surface area contributed by atoms with Crippen LogP contribution in [0.25, 0.3) is 0 Å². The van der Waals surface area contributed by atoms with Crippen molar-refractivity contribution in [3.05, 3.63) is 18.2 Å². The number of hydrogen-bond donors (Lipinski definition) is 2. The lowest BCUT2D eigenvalue weighted by molar-refractivity contribution is -0.118. The summed E-state index contributed by atoms with van der Waals surface area (Å²) < 4.78 is 30.4. The fraction of sp³-hybridized carbons (Fsp3) is 0.429. The smallest absolute Gasteiger partial charge is 0.255 e. The van der Waals surface area contributed by atoms with Crippen molar-refractivity contribution < 1.29 is 17.9 Å². The molecule has 1 aliphatic rings. The van der Waals surface area contributed by atoms with Crippen molar-refractivity contribution >= 4 is 56.4 Å². The van der Waals surface area contributed by atoms with Crippen molar-refractivity contribution in [3.63, 3.8) is 0 Å². The first kappa shape index (κ1) is 18.8. The second-order valence-electron chi connectivity index (χ2n) is 5.22. The normalized spacial score (nSPS) is 17.8. The van der Waals surface area contributed by atoms with Gasteiger partial charge in [-0.25, -0.2) is 8.42 Å². The maximum atomic E-state index is 12.5. The van der Waals surface area contributed by atoms with Crippen molar-refractivity contribution in [2.75, 3.05) is 35.0 Å². The van der Waals surface area contributed by atoms with E-state index in [1.165, 1.54) is 12.0 Å². The molecule has 1 aliphatic heterocycles. The monoisotopic (exact) mass is 389 g/mol. The minimum atomic E-state index is -3.43. The van der Waals surface area contributed by atoms with Crippen molar-refractivity contribution in [1.29, 1.82) is 0 Å². The Labute approximate surface area is 151 Å². The number of carbonyl (C=O) groups excluding carboxylic acids is 1. The molecule has 1 fully saturated rings. The quantitative estimate of drug-likeness (QED) is 0.682. The molecule has 0 bridgehead atoms. The summed E-state index contributed by atoms with van der Waals surface area (Å²) >= 11 is 6.92. The SMILES string of the molecule is COc1cc(N2C(=O)[C@H](CCSC)NC2=S)ccc1NS(C)(=O)=O. The Kier molecular flexibility index (Phi) is 5.94. The van der Waals surface area contributed by atoms with Crippen LogP contribution >= 0.6 is 24.0 Å². The molecule has 0 aromatic heterocycles. The number of nitrogens with one attached hydrogen (secondary N) is 2. The Balaban J connectivity index is 2.29. The molecule has 132 valence electrons. The first-order valence-electron chi connectivity index (χ1n) is 7.06. The van der Waals surface area contributed by atoms with E-state index >= 15 is 0 Å². The zero-order valence-corrected chi connectivity index (χ0v) is 16.0. The fourth-order valence-corrected chi connectivity index (χ4v) is 3.69. The molecule has 24 heavy (non-hydrogen) atoms. The largest absolute Gasteiger partial charge is 0.494 e. The summed E-state index contributed by atoms with van der Waals surface area (Å²) in [6, 6.07) is 4.40. The first-order valence-corrected chi connectivity index (χ1v) is 10.8. The number of anilines is 2. The molecule has 1 amide bonds. The van der Waals surface area contributed by atoms with E-state index in [-0.39, 0.29) is 11.9 Å². The highest BCUT2D eigenvalue weighted by molar-refractivity contribution is 7.98. The Morgan fingerprint density at radius 1 is 1.46 bits per heavy atom. The van der Waals surface area contributed by atoms with Crippen molar-refractivity contribution in [2.45, 2.75) is 12.5 Å². The number of ether oxygens (including phenoxy) is 1. The second kappa shape index (κ2) is 7.58. The molecule has 1 aromatic rings. The van der Waals surface area contributed by atoms with E-state index in [1.54, 1.807) is 30.0 Å². The number of methoxy groups -OCH3 is 1. The number of amides is 1. The third-order valence-corrected chi connectivity index (χ3v) is 4.90. The summed E-state index contributed by atoms with van der Waals surface area (Å²) in [6.07, 6.45) is 3.72. The van der Waals surface area contributed by atoms with Gasteiger partial charge in [-0.2, -0.15) is 11.8 Å². The number of sulfonamides is 1. The lowest BCUT2D eigenvalue weighted by Gasteiger charge is -2.18. The minimum Gasteiger partial charge on any atom is -0.494 e. The predicted octanol–water partition coefficient (Wildman–Crippen LogP) is 1.41. The molecule has 10 heteroatoms. The van der Waals surface area contributed by atoms with Gasteiger partial charge < -0.3 is 10.1 Å². The molecular formula is C14H19N3O4S3. The van der Waals surface area contributed by atoms with Gasteiger partial charge in [0.1, 0.15) is 11.8 Å². The van der Waals surface area contributed by atoms with Crippen molar-refractivity contribution in [3.8, 4) is 5.75 Å². The number of rotatable bonds is 7. The standard InChI is InChI=1S/C14H19N3O4S3/c1-21-12-8-9(4-5-10(12)16-24(3,19)20)17-13(18)11(6-7-23-2)15-14(17)22/h4-5,8,11,16H,6-7H2,1-3H3,(H,15,22)/t11-/m0/s1. The van der Waals surface area contributed by atoms with Crippen LogP contribution in [0, 0.1) is 0 Å². The summed E-state index contributed by atoms with van der Waals surface area (Å²) in [5.74, 6) is 1.03. The van der Waals surface area contributed by atoms with Gasteiger partial charge in [-0.05, 0) is 42.8 Å². The Morgan fingerprint density at radius 2 is 2.17 bits per heavy atom. The molecule has 0 spiro atoms. The third-order valence-electron chi connectivity index (χ3n) is 3.37. The van der Waals surface area contributed by atoms with Crippen LogP contribution in [0.5, 0.6) is 5.75 Å². The molecular weight excluding hydrogens is 370 g/mol. The van der Waals surface area contributed by atoms with Crippen LogP contribution in [-0.4, -0.2) is 50.9 Å². The van der Waals surface area contributed by atoms with E-state index in [2.05, 4.69) is 10.0 Å². The minimum absolute atomic E-state index is 0.125. The molecule has 2 rings (SSSR count). The van der Waals surface area contributed by atoms with Crippen LogP contribution in [0.4, 0.5) is 11.4 Å². The maximum absolute atomic E-state index is 12.5. The fourth-order valence-electron chi connectivity index (χ4n) is 2.31. The van der Waals surface area contributed by atoms with Crippen LogP contribution in [0.15, 0.2) is 18.2 Å². The second-order valence-corrected chi connectivity index (χ2v) is 8.34. The number of hydrogen-bond acceptors (Lipinski definition) is 6. The lowest BCUT2D eigenvalue weighted by atomic mass is 10.2. The molecule has 1 heterocycles. The molecule has 0 radical (unpaired) electrons. The highest BCUT2D eigenvalue weighted by atomic mass is 32.2. The van der Waals surface area contributed by atoms with Gasteiger partial charge in [0.2, 0.25) is 10.0 Å². The van der Waals surface area contributed by atoms with Crippen LogP contribution < -0.4 is 19.7 Å². The average molecular weight is 390 g/mol. The maximum Gasteiger partial charge on any atom is 0.255 e. The van der Waals surface area contributed by atoms with Crippen LogP contribution in [0.2, 0.25) is 0 Å². The Hall–Kier alpha value is -1.52. The van der Waals surface area contributed by atoms with Crippen LogP contribution in [0.1, 0.15) is 6.42 Å². The lowest BCUT2D eigenvalue weighted by Crippen LogP contribution is -2.31. The van der Waals surface area contributed by atoms with Crippen LogP contribution in [0.3, 0.4) is 0 Å². The zero-order chi connectivity index (χ0) is 17.9. The van der Waals surface area contributed by atoms with Crippen LogP contribution in [-0.2, 0) is 14.8 Å². The van der Waals surface area contributed by atoms with Gasteiger partial charge >= 0.3 is 0 Å². The number of thiocarbonyl (C=S) groups is 1. The molecule has 1 saturated heterocycles. The summed E-state index contributed by atoms with van der Waals surface area (Å²) in [4.78, 5) is 14.0. The molecule has 0 saturated carbocycles. The number of carbonyl (C=O) groups is 1. The summed E-state index contributed by atoms with van der Waals surface area (Å²) in [7, 11) is -2.01. The van der Waals surface area contributed by atoms with Gasteiger partial charge in [0.05, 0.1) is 24.7 Å². The molecule has 7 nitrogen and oxygen atoms in total. The van der Waals surface area contributed by atoms with Gasteiger partial charge in [0.15, 0.2) is 5.11 Å². The Morgan fingerprint density at radius 3 is 2.75 bits per heavy atom.